The Balaban J connectivity index is 3.10. The molecule has 0 heterocycles. The van der Waals surface area contributed by atoms with Crippen molar-refractivity contribution in [1.82, 2.24) is 0 Å². The van der Waals surface area contributed by atoms with E-state index >= 15 is 0 Å². The van der Waals surface area contributed by atoms with Gasteiger partial charge in [-0.3, -0.25) is 0 Å². The number of esters is 1. The van der Waals surface area contributed by atoms with Gasteiger partial charge < -0.3 is 4.74 Å². The maximum Gasteiger partial charge on any atom is 0.337 e. The van der Waals surface area contributed by atoms with Crippen molar-refractivity contribution in [3.8, 4) is 0 Å². The third-order valence-electron chi connectivity index (χ3n) is 2.04. The Morgan fingerprint density at radius 1 is 1.43 bits per heavy atom. The minimum absolute atomic E-state index is 0.275. The van der Waals surface area contributed by atoms with E-state index < -0.39 is 0 Å². The zero-order chi connectivity index (χ0) is 10.6. The number of ether oxygens (including phenoxy) is 1. The molecular formula is C10H12BBrO2. The van der Waals surface area contributed by atoms with Crippen LogP contribution < -0.4 is 0 Å². The first-order chi connectivity index (χ1) is 6.71. The maximum absolute atomic E-state index is 11.3. The molecule has 0 fully saturated rings. The summed E-state index contributed by atoms with van der Waals surface area (Å²) in [7, 11) is 3.46. The van der Waals surface area contributed by atoms with Crippen molar-refractivity contribution < 1.29 is 9.53 Å². The van der Waals surface area contributed by atoms with E-state index in [1.165, 1.54) is 7.11 Å². The number of hydrogen-bond acceptors (Lipinski definition) is 2. The van der Waals surface area contributed by atoms with E-state index in [4.69, 9.17) is 0 Å². The summed E-state index contributed by atoms with van der Waals surface area (Å²) in [5, 5.41) is 0.755. The topological polar surface area (TPSA) is 26.3 Å². The van der Waals surface area contributed by atoms with E-state index in [2.05, 4.69) is 34.6 Å². The summed E-state index contributed by atoms with van der Waals surface area (Å²) in [6.07, 6.45) is 0.921. The summed E-state index contributed by atoms with van der Waals surface area (Å²) in [6.45, 7) is 0. The van der Waals surface area contributed by atoms with Crippen LogP contribution in [-0.2, 0) is 16.4 Å². The molecule has 1 rings (SSSR count). The van der Waals surface area contributed by atoms with Crippen LogP contribution in [0, 0.1) is 0 Å². The highest BCUT2D eigenvalue weighted by Crippen LogP contribution is 2.14. The zero-order valence-electron chi connectivity index (χ0n) is 8.34. The van der Waals surface area contributed by atoms with E-state index in [9.17, 15) is 4.79 Å². The van der Waals surface area contributed by atoms with Crippen LogP contribution in [0.25, 0.3) is 0 Å². The summed E-state index contributed by atoms with van der Waals surface area (Å²) in [6, 6.07) is 5.80. The van der Waals surface area contributed by atoms with Crippen LogP contribution in [0.5, 0.6) is 0 Å². The number of carbonyl (C=O) groups excluding carboxylic acids is 1. The minimum atomic E-state index is -0.275. The molecule has 0 N–H and O–H groups in total. The summed E-state index contributed by atoms with van der Waals surface area (Å²) < 4.78 is 4.68. The van der Waals surface area contributed by atoms with Gasteiger partial charge in [0.1, 0.15) is 7.85 Å². The molecule has 2 nitrogen and oxygen atoms in total. The lowest BCUT2D eigenvalue weighted by Crippen LogP contribution is -2.03. The van der Waals surface area contributed by atoms with Crippen LogP contribution in [0.2, 0.25) is 0 Å². The average molecular weight is 255 g/mol. The van der Waals surface area contributed by atoms with Gasteiger partial charge in [0.15, 0.2) is 0 Å². The molecule has 74 valence electrons. The van der Waals surface area contributed by atoms with Gasteiger partial charge in [-0.2, -0.15) is 0 Å². The molecule has 0 aromatic heterocycles. The largest absolute Gasteiger partial charge is 0.465 e. The van der Waals surface area contributed by atoms with Crippen LogP contribution in [0.4, 0.5) is 0 Å². The molecular weight excluding hydrogens is 243 g/mol. The molecule has 0 atom stereocenters. The molecule has 4 heteroatoms. The quantitative estimate of drug-likeness (QED) is 0.464. The van der Waals surface area contributed by atoms with Gasteiger partial charge in [-0.15, -0.1) is 0 Å². The van der Waals surface area contributed by atoms with E-state index in [0.717, 1.165) is 22.8 Å². The molecule has 0 saturated heterocycles. The predicted octanol–water partition coefficient (Wildman–Crippen LogP) is 1.50. The second-order valence-electron chi connectivity index (χ2n) is 3.02. The molecule has 0 spiro atoms. The zero-order valence-corrected chi connectivity index (χ0v) is 9.93. The number of methoxy groups -OCH3 is 1. The van der Waals surface area contributed by atoms with E-state index in [1.807, 2.05) is 12.1 Å². The van der Waals surface area contributed by atoms with E-state index in [-0.39, 0.29) is 5.97 Å². The van der Waals surface area contributed by atoms with Crippen molar-refractivity contribution in [2.75, 3.05) is 7.11 Å². The molecule has 0 unspecified atom stereocenters. The van der Waals surface area contributed by atoms with Gasteiger partial charge in [0.05, 0.1) is 12.7 Å². The van der Waals surface area contributed by atoms with Gasteiger partial charge in [0, 0.05) is 5.33 Å². The Morgan fingerprint density at radius 2 is 2.07 bits per heavy atom. The Bertz CT molecular complexity index is 317. The van der Waals surface area contributed by atoms with Gasteiger partial charge in [0.2, 0.25) is 0 Å². The number of benzene rings is 1. The van der Waals surface area contributed by atoms with E-state index in [1.54, 1.807) is 0 Å². The second kappa shape index (κ2) is 5.20. The van der Waals surface area contributed by atoms with Crippen molar-refractivity contribution >= 4 is 29.7 Å². The first kappa shape index (κ1) is 11.3. The third kappa shape index (κ3) is 2.61. The highest BCUT2D eigenvalue weighted by atomic mass is 79.9. The number of rotatable bonds is 3. The monoisotopic (exact) mass is 254 g/mol. The van der Waals surface area contributed by atoms with Crippen LogP contribution in [0.1, 0.15) is 21.5 Å². The Kier molecular flexibility index (Phi) is 4.20. The van der Waals surface area contributed by atoms with Crippen LogP contribution >= 0.6 is 15.9 Å². The normalized spacial score (nSPS) is 9.86. The molecule has 14 heavy (non-hydrogen) atoms. The van der Waals surface area contributed by atoms with Crippen molar-refractivity contribution in [3.05, 3.63) is 34.9 Å². The standard InChI is InChI=1S/C10H12BBrO2/c1-14-10(13)9-3-7(5-11)2-8(4-9)6-12/h2-4H,5-6,11H2,1H3. The third-order valence-corrected chi connectivity index (χ3v) is 2.68. The SMILES string of the molecule is BCc1cc(CBr)cc(C(=O)OC)c1. The molecule has 0 aliphatic heterocycles. The summed E-state index contributed by atoms with van der Waals surface area (Å²) in [5.41, 5.74) is 2.88. The molecule has 1 aromatic rings. The van der Waals surface area contributed by atoms with Crippen molar-refractivity contribution in [2.24, 2.45) is 0 Å². The Morgan fingerprint density at radius 3 is 2.57 bits per heavy atom. The highest BCUT2D eigenvalue weighted by Gasteiger charge is 2.07. The molecule has 0 aliphatic carbocycles. The fourth-order valence-corrected chi connectivity index (χ4v) is 1.60. The predicted molar refractivity (Wildman–Crippen MR) is 62.7 cm³/mol. The van der Waals surface area contributed by atoms with Crippen LogP contribution in [-0.4, -0.2) is 20.9 Å². The lowest BCUT2D eigenvalue weighted by Gasteiger charge is -2.05. The maximum atomic E-state index is 11.3. The van der Waals surface area contributed by atoms with Gasteiger partial charge in [-0.1, -0.05) is 33.9 Å². The summed E-state index contributed by atoms with van der Waals surface area (Å²) in [5.74, 6) is -0.275. The molecule has 1 aromatic carbocycles. The number of hydrogen-bond donors (Lipinski definition) is 0. The molecule has 0 amide bonds. The molecule has 0 bridgehead atoms. The minimum Gasteiger partial charge on any atom is -0.465 e. The van der Waals surface area contributed by atoms with Crippen LogP contribution in [0.3, 0.4) is 0 Å². The second-order valence-corrected chi connectivity index (χ2v) is 3.58. The highest BCUT2D eigenvalue weighted by molar-refractivity contribution is 9.08. The smallest absolute Gasteiger partial charge is 0.337 e. The number of carbonyl (C=O) groups is 1. The summed E-state index contributed by atoms with van der Waals surface area (Å²) >= 11 is 3.37. The van der Waals surface area contributed by atoms with Gasteiger partial charge in [-0.05, 0) is 17.7 Å². The fourth-order valence-electron chi connectivity index (χ4n) is 1.28. The number of alkyl halides is 1. The molecule has 0 aliphatic rings. The fraction of sp³-hybridized carbons (Fsp3) is 0.300. The van der Waals surface area contributed by atoms with Gasteiger partial charge in [0.25, 0.3) is 0 Å². The average Bonchev–Trinajstić information content (AvgIpc) is 2.27. The van der Waals surface area contributed by atoms with Gasteiger partial charge in [-0.25, -0.2) is 4.79 Å². The first-order valence-corrected chi connectivity index (χ1v) is 5.60. The van der Waals surface area contributed by atoms with Crippen molar-refractivity contribution in [2.45, 2.75) is 11.7 Å². The molecule has 0 radical (unpaired) electrons. The Labute approximate surface area is 93.2 Å². The van der Waals surface area contributed by atoms with E-state index in [0.29, 0.717) is 5.56 Å². The van der Waals surface area contributed by atoms with Gasteiger partial charge >= 0.3 is 5.97 Å². The Hall–Kier alpha value is -0.765. The van der Waals surface area contributed by atoms with Crippen LogP contribution in [0.15, 0.2) is 18.2 Å². The lowest BCUT2D eigenvalue weighted by atomic mass is 9.94. The summed E-state index contributed by atoms with van der Waals surface area (Å²) in [4.78, 5) is 11.3. The molecule has 0 saturated carbocycles. The number of halogens is 1. The lowest BCUT2D eigenvalue weighted by molar-refractivity contribution is 0.0600. The van der Waals surface area contributed by atoms with Crippen molar-refractivity contribution in [1.29, 1.82) is 0 Å². The van der Waals surface area contributed by atoms with Crippen molar-refractivity contribution in [3.63, 3.8) is 0 Å². The first-order valence-electron chi connectivity index (χ1n) is 4.48.